The topological polar surface area (TPSA) is 54.6 Å². The molecule has 0 aliphatic carbocycles. The number of imidazole rings is 1. The van der Waals surface area contributed by atoms with Gasteiger partial charge in [0.25, 0.3) is 0 Å². The summed E-state index contributed by atoms with van der Waals surface area (Å²) in [6.07, 6.45) is 5.51. The minimum atomic E-state index is -0.774. The molecule has 2 aromatic heterocycles. The molecule has 1 atom stereocenters. The van der Waals surface area contributed by atoms with E-state index >= 15 is 0 Å². The number of aryl methyl sites for hydroxylation is 1. The summed E-state index contributed by atoms with van der Waals surface area (Å²) in [7, 11) is 0. The molecule has 0 bridgehead atoms. The van der Waals surface area contributed by atoms with Gasteiger partial charge in [0.2, 0.25) is 0 Å². The maximum absolute atomic E-state index is 11.2. The third kappa shape index (κ3) is 3.17. The van der Waals surface area contributed by atoms with Crippen molar-refractivity contribution in [1.29, 1.82) is 0 Å². The number of hydrogen-bond donors (Lipinski definition) is 1. The fourth-order valence-corrected chi connectivity index (χ4v) is 2.81. The maximum atomic E-state index is 11.2. The van der Waals surface area contributed by atoms with E-state index in [4.69, 9.17) is 0 Å². The molecule has 0 aliphatic heterocycles. The lowest BCUT2D eigenvalue weighted by Gasteiger charge is -2.14. The van der Waals surface area contributed by atoms with Gasteiger partial charge in [0.05, 0.1) is 6.42 Å². The van der Waals surface area contributed by atoms with Gasteiger partial charge in [-0.2, -0.15) is 0 Å². The van der Waals surface area contributed by atoms with E-state index in [1.807, 2.05) is 47.0 Å². The molecule has 0 radical (unpaired) electrons. The molecular weight excluding hydrogens is 276 g/mol. The SMILES string of the molecule is O=C(O)CC(CCc1ccccc1)c1cnc2ccccn12. The Morgan fingerprint density at radius 1 is 1.14 bits per heavy atom. The zero-order valence-electron chi connectivity index (χ0n) is 12.2. The van der Waals surface area contributed by atoms with Gasteiger partial charge in [-0.05, 0) is 30.5 Å². The first-order valence-electron chi connectivity index (χ1n) is 7.42. The van der Waals surface area contributed by atoms with Gasteiger partial charge in [0, 0.05) is 24.0 Å². The number of rotatable bonds is 6. The van der Waals surface area contributed by atoms with Gasteiger partial charge >= 0.3 is 5.97 Å². The van der Waals surface area contributed by atoms with Crippen LogP contribution in [-0.2, 0) is 11.2 Å². The van der Waals surface area contributed by atoms with Crippen LogP contribution in [-0.4, -0.2) is 20.5 Å². The molecule has 4 nitrogen and oxygen atoms in total. The molecule has 2 heterocycles. The second-order valence-corrected chi connectivity index (χ2v) is 5.43. The Morgan fingerprint density at radius 2 is 1.91 bits per heavy atom. The second-order valence-electron chi connectivity index (χ2n) is 5.43. The maximum Gasteiger partial charge on any atom is 0.304 e. The highest BCUT2D eigenvalue weighted by Crippen LogP contribution is 2.26. The lowest BCUT2D eigenvalue weighted by Crippen LogP contribution is -2.10. The van der Waals surface area contributed by atoms with Crippen LogP contribution in [0.3, 0.4) is 0 Å². The van der Waals surface area contributed by atoms with Crippen LogP contribution in [0.1, 0.15) is 30.0 Å². The Morgan fingerprint density at radius 3 is 2.68 bits per heavy atom. The molecule has 1 aromatic carbocycles. The van der Waals surface area contributed by atoms with Gasteiger partial charge in [0.15, 0.2) is 0 Å². The summed E-state index contributed by atoms with van der Waals surface area (Å²) in [5.74, 6) is -0.820. The fraction of sp³-hybridized carbons (Fsp3) is 0.222. The largest absolute Gasteiger partial charge is 0.481 e. The third-order valence-electron chi connectivity index (χ3n) is 3.91. The molecule has 3 aromatic rings. The van der Waals surface area contributed by atoms with Crippen molar-refractivity contribution >= 4 is 11.6 Å². The van der Waals surface area contributed by atoms with Gasteiger partial charge < -0.3 is 9.51 Å². The molecule has 0 amide bonds. The molecule has 4 heteroatoms. The van der Waals surface area contributed by atoms with E-state index in [0.29, 0.717) is 0 Å². The molecule has 1 N–H and O–H groups in total. The van der Waals surface area contributed by atoms with Crippen molar-refractivity contribution in [1.82, 2.24) is 9.38 Å². The number of carbonyl (C=O) groups is 1. The summed E-state index contributed by atoms with van der Waals surface area (Å²) in [5.41, 5.74) is 3.05. The third-order valence-corrected chi connectivity index (χ3v) is 3.91. The molecular formula is C18H18N2O2. The molecule has 1 unspecified atom stereocenters. The van der Waals surface area contributed by atoms with Gasteiger partial charge in [-0.25, -0.2) is 4.98 Å². The van der Waals surface area contributed by atoms with Crippen molar-refractivity contribution in [3.05, 3.63) is 72.2 Å². The van der Waals surface area contributed by atoms with E-state index in [0.717, 1.165) is 24.2 Å². The van der Waals surface area contributed by atoms with Gasteiger partial charge in [-0.15, -0.1) is 0 Å². The number of pyridine rings is 1. The lowest BCUT2D eigenvalue weighted by molar-refractivity contribution is -0.137. The van der Waals surface area contributed by atoms with Gasteiger partial charge in [0.1, 0.15) is 5.65 Å². The number of aromatic nitrogens is 2. The number of carboxylic acid groups (broad SMARTS) is 1. The molecule has 0 fully saturated rings. The average Bonchev–Trinajstić information content (AvgIpc) is 2.96. The van der Waals surface area contributed by atoms with Crippen molar-refractivity contribution in [3.63, 3.8) is 0 Å². The summed E-state index contributed by atoms with van der Waals surface area (Å²) in [5, 5.41) is 9.22. The zero-order valence-corrected chi connectivity index (χ0v) is 12.2. The van der Waals surface area contributed by atoms with E-state index in [-0.39, 0.29) is 12.3 Å². The Hall–Kier alpha value is -2.62. The highest BCUT2D eigenvalue weighted by molar-refractivity contribution is 5.68. The number of carboxylic acids is 1. The average molecular weight is 294 g/mol. The first-order chi connectivity index (χ1) is 10.7. The van der Waals surface area contributed by atoms with Crippen LogP contribution in [0.5, 0.6) is 0 Å². The Bertz CT molecular complexity index is 765. The number of fused-ring (bicyclic) bond motifs is 1. The molecule has 0 saturated heterocycles. The predicted molar refractivity (Wildman–Crippen MR) is 84.9 cm³/mol. The molecule has 112 valence electrons. The van der Waals surface area contributed by atoms with Crippen LogP contribution in [0.4, 0.5) is 0 Å². The van der Waals surface area contributed by atoms with Crippen LogP contribution < -0.4 is 0 Å². The van der Waals surface area contributed by atoms with Crippen LogP contribution in [0.15, 0.2) is 60.9 Å². The quantitative estimate of drug-likeness (QED) is 0.756. The Balaban J connectivity index is 1.84. The van der Waals surface area contributed by atoms with Crippen LogP contribution in [0, 0.1) is 0 Å². The van der Waals surface area contributed by atoms with Gasteiger partial charge in [-0.1, -0.05) is 36.4 Å². The second kappa shape index (κ2) is 6.43. The monoisotopic (exact) mass is 294 g/mol. The van der Waals surface area contributed by atoms with E-state index in [1.54, 1.807) is 6.20 Å². The molecule has 0 spiro atoms. The summed E-state index contributed by atoms with van der Waals surface area (Å²) in [6, 6.07) is 16.0. The normalized spacial score (nSPS) is 12.4. The molecule has 22 heavy (non-hydrogen) atoms. The molecule has 0 aliphatic rings. The van der Waals surface area contributed by atoms with Crippen molar-refractivity contribution in [2.45, 2.75) is 25.2 Å². The lowest BCUT2D eigenvalue weighted by atomic mass is 9.94. The first-order valence-corrected chi connectivity index (χ1v) is 7.42. The minimum absolute atomic E-state index is 0.0462. The number of aliphatic carboxylic acids is 1. The van der Waals surface area contributed by atoms with Crippen molar-refractivity contribution in [2.24, 2.45) is 0 Å². The van der Waals surface area contributed by atoms with E-state index in [1.165, 1.54) is 5.56 Å². The molecule has 3 rings (SSSR count). The summed E-state index contributed by atoms with van der Waals surface area (Å²) in [6.45, 7) is 0. The van der Waals surface area contributed by atoms with Crippen LogP contribution in [0.25, 0.3) is 5.65 Å². The summed E-state index contributed by atoms with van der Waals surface area (Å²) < 4.78 is 1.98. The van der Waals surface area contributed by atoms with E-state index in [2.05, 4.69) is 17.1 Å². The van der Waals surface area contributed by atoms with Crippen LogP contribution in [0.2, 0.25) is 0 Å². The molecule has 0 saturated carbocycles. The summed E-state index contributed by atoms with van der Waals surface area (Å²) in [4.78, 5) is 15.6. The Kier molecular flexibility index (Phi) is 4.19. The van der Waals surface area contributed by atoms with Gasteiger partial charge in [-0.3, -0.25) is 4.79 Å². The van der Waals surface area contributed by atoms with Crippen molar-refractivity contribution in [2.75, 3.05) is 0 Å². The summed E-state index contributed by atoms with van der Waals surface area (Å²) >= 11 is 0. The highest BCUT2D eigenvalue weighted by Gasteiger charge is 2.19. The van der Waals surface area contributed by atoms with Crippen molar-refractivity contribution in [3.8, 4) is 0 Å². The minimum Gasteiger partial charge on any atom is -0.481 e. The van der Waals surface area contributed by atoms with Crippen LogP contribution >= 0.6 is 0 Å². The highest BCUT2D eigenvalue weighted by atomic mass is 16.4. The fourth-order valence-electron chi connectivity index (χ4n) is 2.81. The number of hydrogen-bond acceptors (Lipinski definition) is 2. The van der Waals surface area contributed by atoms with Crippen molar-refractivity contribution < 1.29 is 9.90 Å². The first kappa shape index (κ1) is 14.3. The zero-order chi connectivity index (χ0) is 15.4. The van der Waals surface area contributed by atoms with E-state index in [9.17, 15) is 9.90 Å². The Labute approximate surface area is 129 Å². The predicted octanol–water partition coefficient (Wildman–Crippen LogP) is 3.53. The van der Waals surface area contributed by atoms with E-state index < -0.39 is 5.97 Å². The standard InChI is InChI=1S/C18H18N2O2/c21-18(22)12-15(10-9-14-6-2-1-3-7-14)16-13-19-17-8-4-5-11-20(16)17/h1-8,11,13,15H,9-10,12H2,(H,21,22). The smallest absolute Gasteiger partial charge is 0.304 e. The number of nitrogens with zero attached hydrogens (tertiary/aromatic N) is 2. The number of benzene rings is 1.